The molecule has 2 rings (SSSR count). The van der Waals surface area contributed by atoms with Crippen molar-refractivity contribution in [2.75, 3.05) is 13.2 Å². The standard InChI is InChI=1S/C10H17O2.C2H5.Al.H/c1-3-7-11-9(5-1)10-6-2-4-8-12-10;1-2;;/h9H,1-8H2;1H2,2H3;;. The lowest BCUT2D eigenvalue weighted by molar-refractivity contribution is -0.135. The average molecular weight is 226 g/mol. The smallest absolute Gasteiger partial charge is 0.291 e. The predicted octanol–water partition coefficient (Wildman–Crippen LogP) is 2.33. The summed E-state index contributed by atoms with van der Waals surface area (Å²) in [5, 5.41) is 1.35. The maximum Gasteiger partial charge on any atom is 0.291 e. The minimum absolute atomic E-state index is 0.123. The first-order valence-corrected chi connectivity index (χ1v) is 8.34. The summed E-state index contributed by atoms with van der Waals surface area (Å²) in [7, 11) is 0. The first-order valence-electron chi connectivity index (χ1n) is 6.63. The van der Waals surface area contributed by atoms with Crippen LogP contribution in [0.1, 0.15) is 45.4 Å². The van der Waals surface area contributed by atoms with Crippen molar-refractivity contribution in [1.29, 1.82) is 0 Å². The molecule has 0 aromatic rings. The van der Waals surface area contributed by atoms with Gasteiger partial charge in [-0.2, -0.15) is 0 Å². The molecule has 0 aromatic carbocycles. The van der Waals surface area contributed by atoms with Gasteiger partial charge in [0, 0.05) is 17.7 Å². The molecule has 0 amide bonds. The van der Waals surface area contributed by atoms with Crippen molar-refractivity contribution in [1.82, 2.24) is 0 Å². The molecule has 0 aliphatic carbocycles. The summed E-state index contributed by atoms with van der Waals surface area (Å²) in [5.41, 5.74) is 0. The van der Waals surface area contributed by atoms with Gasteiger partial charge in [0.25, 0.3) is 15.2 Å². The summed E-state index contributed by atoms with van der Waals surface area (Å²) in [5.74, 6) is 0. The molecule has 0 spiro atoms. The highest BCUT2D eigenvalue weighted by atomic mass is 27.1. The molecule has 0 bridgehead atoms. The molecule has 2 aliphatic heterocycles. The van der Waals surface area contributed by atoms with Crippen LogP contribution >= 0.6 is 0 Å². The van der Waals surface area contributed by atoms with Crippen LogP contribution in [0, 0.1) is 0 Å². The van der Waals surface area contributed by atoms with Gasteiger partial charge in [0.1, 0.15) is 0 Å². The minimum atomic E-state index is -0.123. The SMILES string of the molecule is C[CH2][AlH][C]1(C2CCCCO2)CCCCO1. The molecule has 86 valence electrons. The van der Waals surface area contributed by atoms with E-state index >= 15 is 0 Å². The normalized spacial score (nSPS) is 37.5. The topological polar surface area (TPSA) is 18.5 Å². The van der Waals surface area contributed by atoms with E-state index in [2.05, 4.69) is 6.92 Å². The van der Waals surface area contributed by atoms with E-state index in [1.54, 1.807) is 0 Å². The van der Waals surface area contributed by atoms with Gasteiger partial charge in [0.15, 0.2) is 0 Å². The molecule has 0 radical (unpaired) electrons. The summed E-state index contributed by atoms with van der Waals surface area (Å²) >= 11 is -0.123. The van der Waals surface area contributed by atoms with E-state index < -0.39 is 0 Å². The fourth-order valence-electron chi connectivity index (χ4n) is 3.06. The molecular formula is C12H23AlO2. The Balaban J connectivity index is 2.01. The third-order valence-electron chi connectivity index (χ3n) is 3.82. The lowest BCUT2D eigenvalue weighted by Gasteiger charge is -2.44. The van der Waals surface area contributed by atoms with Gasteiger partial charge >= 0.3 is 0 Å². The summed E-state index contributed by atoms with van der Waals surface area (Å²) in [6, 6.07) is 0. The molecule has 2 atom stereocenters. The second-order valence-electron chi connectivity index (χ2n) is 4.98. The van der Waals surface area contributed by atoms with Crippen LogP contribution in [-0.4, -0.2) is 39.0 Å². The molecule has 2 fully saturated rings. The summed E-state index contributed by atoms with van der Waals surface area (Å²) in [4.78, 5) is 0. The molecule has 15 heavy (non-hydrogen) atoms. The highest BCUT2D eigenvalue weighted by molar-refractivity contribution is 6.39. The van der Waals surface area contributed by atoms with Crippen molar-refractivity contribution in [2.24, 2.45) is 0 Å². The molecule has 2 saturated heterocycles. The average Bonchev–Trinajstić information content (AvgIpc) is 2.32. The Morgan fingerprint density at radius 1 is 1.20 bits per heavy atom. The maximum atomic E-state index is 6.18. The Morgan fingerprint density at radius 2 is 2.07 bits per heavy atom. The largest absolute Gasteiger partial charge is 0.388 e. The molecule has 0 aromatic heterocycles. The van der Waals surface area contributed by atoms with Crippen LogP contribution in [0.4, 0.5) is 0 Å². The number of rotatable bonds is 3. The van der Waals surface area contributed by atoms with E-state index in [1.807, 2.05) is 0 Å². The lowest BCUT2D eigenvalue weighted by atomic mass is 9.97. The van der Waals surface area contributed by atoms with Gasteiger partial charge in [-0.3, -0.25) is 0 Å². The molecule has 2 nitrogen and oxygen atoms in total. The van der Waals surface area contributed by atoms with Crippen LogP contribution in [0.5, 0.6) is 0 Å². The van der Waals surface area contributed by atoms with Gasteiger partial charge in [-0.1, -0.05) is 12.2 Å². The number of hydrogen-bond donors (Lipinski definition) is 0. The van der Waals surface area contributed by atoms with E-state index in [0.717, 1.165) is 13.2 Å². The lowest BCUT2D eigenvalue weighted by Crippen LogP contribution is -2.54. The third kappa shape index (κ3) is 2.77. The Bertz CT molecular complexity index is 179. The van der Waals surface area contributed by atoms with Crippen molar-refractivity contribution >= 4 is 15.2 Å². The van der Waals surface area contributed by atoms with Crippen LogP contribution < -0.4 is 0 Å². The molecule has 0 N–H and O–H groups in total. The molecule has 2 heterocycles. The van der Waals surface area contributed by atoms with E-state index in [0.29, 0.717) is 6.10 Å². The highest BCUT2D eigenvalue weighted by Crippen LogP contribution is 2.34. The van der Waals surface area contributed by atoms with Gasteiger partial charge in [-0.15, -0.1) is 0 Å². The Kier molecular flexibility index (Phi) is 4.52. The fraction of sp³-hybridized carbons (Fsp3) is 1.00. The van der Waals surface area contributed by atoms with Crippen LogP contribution in [0.3, 0.4) is 0 Å². The van der Waals surface area contributed by atoms with Gasteiger partial charge in [0.2, 0.25) is 0 Å². The van der Waals surface area contributed by atoms with Gasteiger partial charge in [-0.25, -0.2) is 0 Å². The van der Waals surface area contributed by atoms with Gasteiger partial charge in [-0.05, 0) is 38.5 Å². The number of ether oxygens (including phenoxy) is 2. The molecule has 3 heteroatoms. The molecule has 0 saturated carbocycles. The second-order valence-corrected chi connectivity index (χ2v) is 7.67. The quantitative estimate of drug-likeness (QED) is 0.688. The second kappa shape index (κ2) is 5.68. The number of hydrogen-bond acceptors (Lipinski definition) is 2. The van der Waals surface area contributed by atoms with Crippen molar-refractivity contribution in [3.8, 4) is 0 Å². The zero-order valence-electron chi connectivity index (χ0n) is 9.96. The van der Waals surface area contributed by atoms with Crippen molar-refractivity contribution in [3.63, 3.8) is 0 Å². The zero-order chi connectivity index (χ0) is 10.6. The Labute approximate surface area is 99.4 Å². The van der Waals surface area contributed by atoms with Crippen molar-refractivity contribution in [2.45, 2.75) is 61.3 Å². The molecule has 2 aliphatic rings. The monoisotopic (exact) mass is 226 g/mol. The molecule has 2 unspecified atom stereocenters. The Hall–Kier alpha value is 0.452. The summed E-state index contributed by atoms with van der Waals surface area (Å²) in [6.45, 7) is 4.26. The fourth-order valence-corrected chi connectivity index (χ4v) is 5.34. The van der Waals surface area contributed by atoms with Crippen molar-refractivity contribution in [3.05, 3.63) is 0 Å². The van der Waals surface area contributed by atoms with E-state index in [9.17, 15) is 0 Å². The first kappa shape index (κ1) is 11.9. The summed E-state index contributed by atoms with van der Waals surface area (Å²) < 4.78 is 12.4. The highest BCUT2D eigenvalue weighted by Gasteiger charge is 2.42. The van der Waals surface area contributed by atoms with Crippen LogP contribution in [0.2, 0.25) is 5.28 Å². The van der Waals surface area contributed by atoms with E-state index in [-0.39, 0.29) is 19.7 Å². The predicted molar refractivity (Wildman–Crippen MR) is 63.8 cm³/mol. The maximum absolute atomic E-state index is 6.18. The first-order chi connectivity index (χ1) is 7.37. The summed E-state index contributed by atoms with van der Waals surface area (Å²) in [6.07, 6.45) is 8.16. The third-order valence-corrected chi connectivity index (χ3v) is 6.18. The van der Waals surface area contributed by atoms with Crippen LogP contribution in [0.15, 0.2) is 0 Å². The van der Waals surface area contributed by atoms with Gasteiger partial charge in [0.05, 0.1) is 6.10 Å². The van der Waals surface area contributed by atoms with E-state index in [4.69, 9.17) is 9.47 Å². The van der Waals surface area contributed by atoms with Crippen LogP contribution in [0.25, 0.3) is 0 Å². The minimum Gasteiger partial charge on any atom is -0.388 e. The van der Waals surface area contributed by atoms with Gasteiger partial charge < -0.3 is 9.47 Å². The van der Waals surface area contributed by atoms with Crippen molar-refractivity contribution < 1.29 is 9.47 Å². The van der Waals surface area contributed by atoms with Crippen LogP contribution in [-0.2, 0) is 9.47 Å². The zero-order valence-corrected chi connectivity index (χ0v) is 11.4. The molecular weight excluding hydrogens is 203 g/mol. The van der Waals surface area contributed by atoms with E-state index in [1.165, 1.54) is 43.8 Å². The Morgan fingerprint density at radius 3 is 2.67 bits per heavy atom.